The van der Waals surface area contributed by atoms with Crippen LogP contribution in [-0.2, 0) is 26.2 Å². The minimum atomic E-state index is -3.08. The smallest absolute Gasteiger partial charge is 1.00 e. The summed E-state index contributed by atoms with van der Waals surface area (Å²) in [6.45, 7) is -3.08. The van der Waals surface area contributed by atoms with Crippen molar-refractivity contribution in [2.45, 2.75) is 12.8 Å². The van der Waals surface area contributed by atoms with E-state index in [1.807, 2.05) is 24.3 Å². The van der Waals surface area contributed by atoms with E-state index in [4.69, 9.17) is 0 Å². The van der Waals surface area contributed by atoms with Gasteiger partial charge in [0.2, 0.25) is 0 Å². The van der Waals surface area contributed by atoms with Crippen molar-refractivity contribution in [2.75, 3.05) is 0 Å². The number of allylic oxidation sites excluding steroid dienone is 8. The van der Waals surface area contributed by atoms with Crippen molar-refractivity contribution in [3.8, 4) is 0 Å². The van der Waals surface area contributed by atoms with E-state index in [0.29, 0.717) is 0 Å². The van der Waals surface area contributed by atoms with Crippen molar-refractivity contribution >= 4 is 0 Å². The minimum Gasteiger partial charge on any atom is -1.00 e. The quantitative estimate of drug-likeness (QED) is 0.436. The molecule has 0 amide bonds. The van der Waals surface area contributed by atoms with Gasteiger partial charge in [-0.1, -0.05) is 0 Å². The van der Waals surface area contributed by atoms with Gasteiger partial charge in [-0.15, -0.1) is 12.8 Å². The topological polar surface area (TPSA) is 0 Å². The Bertz CT molecular complexity index is 194. The molecule has 0 aromatic carbocycles. The van der Waals surface area contributed by atoms with Crippen LogP contribution in [0.25, 0.3) is 0 Å². The first-order valence-corrected chi connectivity index (χ1v) is 4.00. The van der Waals surface area contributed by atoms with Gasteiger partial charge in [0.05, 0.1) is 0 Å². The van der Waals surface area contributed by atoms with Gasteiger partial charge < -0.3 is 38.0 Å². The van der Waals surface area contributed by atoms with Crippen LogP contribution in [0.3, 0.4) is 0 Å². The van der Waals surface area contributed by atoms with E-state index in [0.717, 1.165) is 12.8 Å². The van der Waals surface area contributed by atoms with E-state index < -0.39 is 6.68 Å². The van der Waals surface area contributed by atoms with E-state index in [1.165, 1.54) is 0 Å². The fourth-order valence-corrected chi connectivity index (χ4v) is 0.680. The molecule has 0 bridgehead atoms. The Kier molecular flexibility index (Phi) is 32.8. The van der Waals surface area contributed by atoms with Crippen LogP contribution in [0.2, 0.25) is 0 Å². The van der Waals surface area contributed by atoms with Crippen LogP contribution < -0.4 is 24.8 Å². The molecule has 0 aromatic rings. The maximum absolute atomic E-state index is 9.58. The molecule has 6 heteroatoms. The van der Waals surface area contributed by atoms with Crippen molar-refractivity contribution < 1.29 is 64.2 Å². The van der Waals surface area contributed by atoms with Crippen LogP contribution in [-0.4, -0.2) is 0 Å². The molecule has 0 N–H and O–H groups in total. The number of hydrogen-bond acceptors (Lipinski definition) is 0. The number of halogens is 5. The van der Waals surface area contributed by atoms with Crippen molar-refractivity contribution in [1.82, 2.24) is 0 Å². The van der Waals surface area contributed by atoms with Gasteiger partial charge in [-0.25, -0.2) is 24.3 Å². The molecule has 2 aliphatic carbocycles. The third-order valence-electron chi connectivity index (χ3n) is 1.17. The zero-order valence-corrected chi connectivity index (χ0v) is 12.7. The third-order valence-corrected chi connectivity index (χ3v) is 1.17. The molecule has 0 saturated heterocycles. The zero-order valence-electron chi connectivity index (χ0n) is 8.77. The van der Waals surface area contributed by atoms with Crippen LogP contribution in [0, 0.1) is 18.8 Å². The normalized spacial score (nSPS) is 12.5. The molecule has 0 spiro atoms. The van der Waals surface area contributed by atoms with Gasteiger partial charge in [-0.2, -0.15) is 12.2 Å². The van der Waals surface area contributed by atoms with Gasteiger partial charge in [0, 0.05) is 0 Å². The monoisotopic (exact) mass is 359 g/mol. The molecule has 0 fully saturated rings. The van der Waals surface area contributed by atoms with Crippen LogP contribution in [0.15, 0.2) is 36.5 Å². The maximum atomic E-state index is 9.58. The Labute approximate surface area is 132 Å². The predicted octanol–water partition coefficient (Wildman–Crippen LogP) is -2.04. The van der Waals surface area contributed by atoms with Gasteiger partial charge in [-0.3, -0.25) is 12.2 Å². The van der Waals surface area contributed by atoms with Crippen LogP contribution in [0.4, 0.5) is 13.2 Å². The number of rotatable bonds is 0. The summed E-state index contributed by atoms with van der Waals surface area (Å²) in [5, 5.41) is 0. The second-order valence-electron chi connectivity index (χ2n) is 2.22. The molecule has 0 atom stereocenters. The maximum Gasteiger partial charge on any atom is 2.00 e. The minimum absolute atomic E-state index is 0. The summed E-state index contributed by atoms with van der Waals surface area (Å²) >= 11 is 0. The second kappa shape index (κ2) is 21.5. The fourth-order valence-electron chi connectivity index (χ4n) is 0.680. The van der Waals surface area contributed by atoms with Gasteiger partial charge in [0.25, 0.3) is 0 Å². The first kappa shape index (κ1) is 25.9. The van der Waals surface area contributed by atoms with Crippen LogP contribution in [0.5, 0.6) is 0 Å². The molecule has 0 unspecified atom stereocenters. The first-order chi connectivity index (χ1) is 6.73. The predicted molar refractivity (Wildman–Crippen MR) is 49.7 cm³/mol. The van der Waals surface area contributed by atoms with Crippen molar-refractivity contribution in [3.63, 3.8) is 0 Å². The average Bonchev–Trinajstić information content (AvgIpc) is 2.83. The number of hydrogen-bond donors (Lipinski definition) is 0. The molecule has 0 saturated carbocycles. The van der Waals surface area contributed by atoms with Gasteiger partial charge in [0.15, 0.2) is 6.68 Å². The van der Waals surface area contributed by atoms with Gasteiger partial charge in [0.1, 0.15) is 0 Å². The molecule has 0 heterocycles. The molecule has 96 valence electrons. The Balaban J connectivity index is -0.0000000692. The standard InChI is InChI=1S/2C5H5.CF3.2ClH.Zr/c2*1-2-4-5-3-1;2-1(3)4;;;/h2*1-3H,4H2;;2*1H;/q3*-1;;;+2/p-2. The van der Waals surface area contributed by atoms with Crippen molar-refractivity contribution in [3.05, 3.63) is 55.3 Å². The van der Waals surface area contributed by atoms with E-state index in [1.54, 1.807) is 0 Å². The summed E-state index contributed by atoms with van der Waals surface area (Å²) in [6, 6.07) is 0. The van der Waals surface area contributed by atoms with Crippen molar-refractivity contribution in [1.29, 1.82) is 0 Å². The Morgan fingerprint density at radius 3 is 1.18 bits per heavy atom. The van der Waals surface area contributed by atoms with Gasteiger partial charge >= 0.3 is 26.2 Å². The molecule has 0 radical (unpaired) electrons. The summed E-state index contributed by atoms with van der Waals surface area (Å²) < 4.78 is 28.8. The molecule has 17 heavy (non-hydrogen) atoms. The average molecular weight is 361 g/mol. The van der Waals surface area contributed by atoms with Crippen LogP contribution >= 0.6 is 0 Å². The SMILES string of the molecule is F[C-](F)F.[C-]1=CC=CC1.[C-]1=CC=CC1.[Cl-].[Cl-].[Zr+2]. The summed E-state index contributed by atoms with van der Waals surface area (Å²) in [5.41, 5.74) is 0. The molecule has 2 aliphatic rings. The van der Waals surface area contributed by atoms with E-state index in [9.17, 15) is 13.2 Å². The molecular formula is C11H10Cl2F3Zr-3. The Hall–Kier alpha value is 0.213. The summed E-state index contributed by atoms with van der Waals surface area (Å²) in [4.78, 5) is 0. The van der Waals surface area contributed by atoms with E-state index in [2.05, 4.69) is 24.3 Å². The summed E-state index contributed by atoms with van der Waals surface area (Å²) in [7, 11) is 0. The zero-order chi connectivity index (χ0) is 10.6. The second-order valence-corrected chi connectivity index (χ2v) is 2.22. The van der Waals surface area contributed by atoms with E-state index in [-0.39, 0.29) is 51.0 Å². The van der Waals surface area contributed by atoms with Crippen LogP contribution in [0.1, 0.15) is 12.8 Å². The Morgan fingerprint density at radius 1 is 0.824 bits per heavy atom. The fraction of sp³-hybridized carbons (Fsp3) is 0.182. The van der Waals surface area contributed by atoms with Crippen molar-refractivity contribution in [2.24, 2.45) is 0 Å². The first-order valence-electron chi connectivity index (χ1n) is 4.00. The molecule has 0 nitrogen and oxygen atoms in total. The summed E-state index contributed by atoms with van der Waals surface area (Å²) in [6.07, 6.45) is 20.0. The third kappa shape index (κ3) is 31.4. The molecule has 0 aliphatic heterocycles. The molecule has 0 aromatic heterocycles. The summed E-state index contributed by atoms with van der Waals surface area (Å²) in [5.74, 6) is 0. The van der Waals surface area contributed by atoms with E-state index >= 15 is 0 Å². The molecular weight excluding hydrogens is 351 g/mol. The molecule has 2 rings (SSSR count). The Morgan fingerprint density at radius 2 is 1.12 bits per heavy atom. The van der Waals surface area contributed by atoms with Gasteiger partial charge in [-0.05, 0) is 0 Å². The largest absolute Gasteiger partial charge is 2.00 e.